The molecule has 0 fully saturated rings. The SMILES string of the molecule is Cc1csc(Sc2nc(C(=O)O)nc3ccccc23)n1. The molecular formula is C13H9N3O2S2. The fraction of sp³-hybridized carbons (Fsp3) is 0.0769. The second-order valence-corrected chi connectivity index (χ2v) is 6.13. The summed E-state index contributed by atoms with van der Waals surface area (Å²) in [7, 11) is 0. The van der Waals surface area contributed by atoms with Crippen LogP contribution in [0.25, 0.3) is 10.9 Å². The van der Waals surface area contributed by atoms with Crippen LogP contribution < -0.4 is 0 Å². The molecule has 0 aliphatic rings. The van der Waals surface area contributed by atoms with Crippen LogP contribution in [-0.4, -0.2) is 26.0 Å². The molecule has 0 bridgehead atoms. The highest BCUT2D eigenvalue weighted by atomic mass is 32.2. The van der Waals surface area contributed by atoms with Gasteiger partial charge in [-0.2, -0.15) is 0 Å². The highest BCUT2D eigenvalue weighted by Gasteiger charge is 2.14. The highest BCUT2D eigenvalue weighted by Crippen LogP contribution is 2.33. The van der Waals surface area contributed by atoms with Crippen LogP contribution in [0.5, 0.6) is 0 Å². The lowest BCUT2D eigenvalue weighted by Crippen LogP contribution is -2.05. The molecule has 5 nitrogen and oxygen atoms in total. The number of benzene rings is 1. The number of hydrogen-bond acceptors (Lipinski definition) is 6. The molecule has 0 saturated carbocycles. The first-order valence-corrected chi connectivity index (χ1v) is 7.43. The van der Waals surface area contributed by atoms with Gasteiger partial charge in [0.2, 0.25) is 5.82 Å². The molecule has 2 aromatic heterocycles. The van der Waals surface area contributed by atoms with Crippen molar-refractivity contribution in [3.8, 4) is 0 Å². The van der Waals surface area contributed by atoms with E-state index in [4.69, 9.17) is 5.11 Å². The van der Waals surface area contributed by atoms with Gasteiger partial charge in [-0.05, 0) is 24.8 Å². The summed E-state index contributed by atoms with van der Waals surface area (Å²) >= 11 is 2.87. The van der Waals surface area contributed by atoms with Crippen LogP contribution in [0.3, 0.4) is 0 Å². The van der Waals surface area contributed by atoms with Gasteiger partial charge in [0.25, 0.3) is 0 Å². The van der Waals surface area contributed by atoms with Gasteiger partial charge >= 0.3 is 5.97 Å². The van der Waals surface area contributed by atoms with E-state index in [9.17, 15) is 4.79 Å². The first-order valence-electron chi connectivity index (χ1n) is 5.73. The molecule has 3 aromatic rings. The Morgan fingerprint density at radius 1 is 1.25 bits per heavy atom. The molecule has 0 radical (unpaired) electrons. The summed E-state index contributed by atoms with van der Waals surface area (Å²) in [4.78, 5) is 23.6. The number of para-hydroxylation sites is 1. The molecule has 2 heterocycles. The number of hydrogen-bond donors (Lipinski definition) is 1. The van der Waals surface area contributed by atoms with Gasteiger partial charge in [-0.1, -0.05) is 18.2 Å². The maximum atomic E-state index is 11.1. The Hall–Kier alpha value is -1.99. The van der Waals surface area contributed by atoms with Gasteiger partial charge in [-0.25, -0.2) is 19.7 Å². The summed E-state index contributed by atoms with van der Waals surface area (Å²) in [5.41, 5.74) is 1.56. The van der Waals surface area contributed by atoms with Gasteiger partial charge < -0.3 is 5.11 Å². The van der Waals surface area contributed by atoms with Crippen molar-refractivity contribution in [2.75, 3.05) is 0 Å². The standard InChI is InChI=1S/C13H9N3O2S2/c1-7-6-19-13(14-7)20-11-8-4-2-3-5-9(8)15-10(16-11)12(17)18/h2-6H,1H3,(H,17,18). The van der Waals surface area contributed by atoms with Crippen LogP contribution in [0.4, 0.5) is 0 Å². The lowest BCUT2D eigenvalue weighted by molar-refractivity contribution is 0.0683. The van der Waals surface area contributed by atoms with Crippen molar-refractivity contribution < 1.29 is 9.90 Å². The average molecular weight is 303 g/mol. The normalized spacial score (nSPS) is 10.8. The Morgan fingerprint density at radius 2 is 2.05 bits per heavy atom. The van der Waals surface area contributed by atoms with Crippen LogP contribution in [0.15, 0.2) is 39.0 Å². The van der Waals surface area contributed by atoms with E-state index in [-0.39, 0.29) is 5.82 Å². The van der Waals surface area contributed by atoms with Crippen molar-refractivity contribution in [2.45, 2.75) is 16.3 Å². The molecule has 0 amide bonds. The van der Waals surface area contributed by atoms with E-state index in [1.807, 2.05) is 30.5 Å². The summed E-state index contributed by atoms with van der Waals surface area (Å²) in [6.45, 7) is 1.92. The van der Waals surface area contributed by atoms with E-state index >= 15 is 0 Å². The van der Waals surface area contributed by atoms with Gasteiger partial charge in [-0.3, -0.25) is 0 Å². The number of aryl methyl sites for hydroxylation is 1. The zero-order chi connectivity index (χ0) is 14.1. The third-order valence-electron chi connectivity index (χ3n) is 2.54. The lowest BCUT2D eigenvalue weighted by Gasteiger charge is -2.04. The molecule has 1 N–H and O–H groups in total. The number of carbonyl (C=O) groups is 1. The van der Waals surface area contributed by atoms with Crippen molar-refractivity contribution in [1.82, 2.24) is 15.0 Å². The fourth-order valence-electron chi connectivity index (χ4n) is 1.68. The van der Waals surface area contributed by atoms with Crippen molar-refractivity contribution in [3.63, 3.8) is 0 Å². The number of thiazole rings is 1. The Morgan fingerprint density at radius 3 is 2.75 bits per heavy atom. The third-order valence-corrected chi connectivity index (χ3v) is 4.60. The number of fused-ring (bicyclic) bond motifs is 1. The molecule has 1 aromatic carbocycles. The predicted molar refractivity (Wildman–Crippen MR) is 77.5 cm³/mol. The molecule has 3 rings (SSSR count). The minimum Gasteiger partial charge on any atom is -0.475 e. The second-order valence-electron chi connectivity index (χ2n) is 4.03. The van der Waals surface area contributed by atoms with E-state index in [0.29, 0.717) is 10.5 Å². The highest BCUT2D eigenvalue weighted by molar-refractivity contribution is 8.01. The molecule has 0 saturated heterocycles. The number of aromatic nitrogens is 3. The third kappa shape index (κ3) is 2.50. The molecule has 7 heteroatoms. The summed E-state index contributed by atoms with van der Waals surface area (Å²) in [5, 5.41) is 12.5. The molecule has 0 atom stereocenters. The van der Waals surface area contributed by atoms with Gasteiger partial charge in [0.15, 0.2) is 4.34 Å². The molecular weight excluding hydrogens is 294 g/mol. The van der Waals surface area contributed by atoms with Gasteiger partial charge in [0.05, 0.1) is 5.52 Å². The predicted octanol–water partition coefficient (Wildman–Crippen LogP) is 3.24. The minimum atomic E-state index is -1.13. The Bertz CT molecular complexity index is 801. The summed E-state index contributed by atoms with van der Waals surface area (Å²) < 4.78 is 0.836. The van der Waals surface area contributed by atoms with Crippen molar-refractivity contribution in [2.24, 2.45) is 0 Å². The second kappa shape index (κ2) is 5.18. The Kier molecular flexibility index (Phi) is 3.37. The molecule has 0 aliphatic heterocycles. The van der Waals surface area contributed by atoms with Crippen LogP contribution in [0, 0.1) is 6.92 Å². The van der Waals surface area contributed by atoms with E-state index in [1.165, 1.54) is 23.1 Å². The largest absolute Gasteiger partial charge is 0.475 e. The van der Waals surface area contributed by atoms with Crippen molar-refractivity contribution in [1.29, 1.82) is 0 Å². The van der Waals surface area contributed by atoms with Crippen molar-refractivity contribution >= 4 is 40.0 Å². The maximum Gasteiger partial charge on any atom is 0.373 e. The maximum absolute atomic E-state index is 11.1. The summed E-state index contributed by atoms with van der Waals surface area (Å²) in [6, 6.07) is 7.36. The smallest absolute Gasteiger partial charge is 0.373 e. The first-order chi connectivity index (χ1) is 9.63. The summed E-state index contributed by atoms with van der Waals surface area (Å²) in [5.74, 6) is -1.33. The fourth-order valence-corrected chi connectivity index (χ4v) is 3.55. The quantitative estimate of drug-likeness (QED) is 0.749. The number of rotatable bonds is 3. The van der Waals surface area contributed by atoms with Gasteiger partial charge in [-0.15, -0.1) is 11.3 Å². The zero-order valence-corrected chi connectivity index (χ0v) is 12.0. The molecule has 0 unspecified atom stereocenters. The van der Waals surface area contributed by atoms with E-state index in [2.05, 4.69) is 15.0 Å². The molecule has 100 valence electrons. The average Bonchev–Trinajstić information content (AvgIpc) is 2.84. The van der Waals surface area contributed by atoms with Crippen LogP contribution in [0.2, 0.25) is 0 Å². The van der Waals surface area contributed by atoms with Crippen LogP contribution >= 0.6 is 23.1 Å². The Labute approximate surface area is 122 Å². The number of carboxylic acid groups (broad SMARTS) is 1. The van der Waals surface area contributed by atoms with Crippen LogP contribution in [-0.2, 0) is 0 Å². The molecule has 0 aliphatic carbocycles. The van der Waals surface area contributed by atoms with E-state index in [1.54, 1.807) is 6.07 Å². The lowest BCUT2D eigenvalue weighted by atomic mass is 10.2. The summed E-state index contributed by atoms with van der Waals surface area (Å²) in [6.07, 6.45) is 0. The monoisotopic (exact) mass is 303 g/mol. The molecule has 20 heavy (non-hydrogen) atoms. The first kappa shape index (κ1) is 13.0. The van der Waals surface area contributed by atoms with E-state index < -0.39 is 5.97 Å². The zero-order valence-electron chi connectivity index (χ0n) is 10.4. The number of carboxylic acids is 1. The topological polar surface area (TPSA) is 76.0 Å². The van der Waals surface area contributed by atoms with Crippen molar-refractivity contribution in [3.05, 3.63) is 41.2 Å². The number of aromatic carboxylic acids is 1. The van der Waals surface area contributed by atoms with Gasteiger partial charge in [0.1, 0.15) is 5.03 Å². The minimum absolute atomic E-state index is 0.195. The van der Waals surface area contributed by atoms with Crippen LogP contribution in [0.1, 0.15) is 16.3 Å². The Balaban J connectivity index is 2.14. The van der Waals surface area contributed by atoms with E-state index in [0.717, 1.165) is 15.4 Å². The molecule has 0 spiro atoms. The van der Waals surface area contributed by atoms with Gasteiger partial charge in [0, 0.05) is 16.5 Å². The number of nitrogens with zero attached hydrogens (tertiary/aromatic N) is 3.